The number of hydrogen-bond donors (Lipinski definition) is 1. The zero-order valence-corrected chi connectivity index (χ0v) is 19.4. The van der Waals surface area contributed by atoms with Gasteiger partial charge >= 0.3 is 6.18 Å². The number of aliphatic hydroxyl groups is 1. The largest absolute Gasteiger partial charge is 0.507 e. The highest BCUT2D eigenvalue weighted by Crippen LogP contribution is 2.44. The molecule has 1 heterocycles. The molecule has 36 heavy (non-hydrogen) atoms. The molecule has 3 aromatic rings. The number of ether oxygens (including phenoxy) is 1. The van der Waals surface area contributed by atoms with Crippen LogP contribution in [0, 0.1) is 5.82 Å². The van der Waals surface area contributed by atoms with E-state index in [4.69, 9.17) is 16.3 Å². The van der Waals surface area contributed by atoms with E-state index in [1.165, 1.54) is 36.4 Å². The lowest BCUT2D eigenvalue weighted by atomic mass is 9.94. The molecule has 1 amide bonds. The molecule has 0 saturated carbocycles. The van der Waals surface area contributed by atoms with Crippen molar-refractivity contribution < 1.29 is 37.0 Å². The van der Waals surface area contributed by atoms with Crippen LogP contribution in [0.3, 0.4) is 0 Å². The third-order valence-electron chi connectivity index (χ3n) is 5.62. The van der Waals surface area contributed by atoms with Gasteiger partial charge < -0.3 is 9.84 Å². The number of halogens is 5. The van der Waals surface area contributed by atoms with Crippen LogP contribution in [0.2, 0.25) is 5.02 Å². The Morgan fingerprint density at radius 1 is 1.06 bits per heavy atom. The number of hydrogen-bond acceptors (Lipinski definition) is 4. The molecule has 0 bridgehead atoms. The lowest BCUT2D eigenvalue weighted by Gasteiger charge is -2.26. The minimum Gasteiger partial charge on any atom is -0.507 e. The number of Topliss-reactive ketones (excluding diaryl/α,β-unsaturated/α-hetero) is 1. The molecule has 0 radical (unpaired) electrons. The number of carbonyl (C=O) groups is 2. The normalized spacial score (nSPS) is 17.5. The van der Waals surface area contributed by atoms with Crippen LogP contribution >= 0.6 is 11.6 Å². The van der Waals surface area contributed by atoms with Gasteiger partial charge in [0.15, 0.2) is 0 Å². The van der Waals surface area contributed by atoms with E-state index in [0.717, 1.165) is 35.2 Å². The van der Waals surface area contributed by atoms with Crippen LogP contribution in [0.15, 0.2) is 72.3 Å². The summed E-state index contributed by atoms with van der Waals surface area (Å²) < 4.78 is 59.5. The molecular weight excluding hydrogens is 502 g/mol. The Morgan fingerprint density at radius 2 is 1.72 bits per heavy atom. The summed E-state index contributed by atoms with van der Waals surface area (Å²) in [5, 5.41) is 11.2. The summed E-state index contributed by atoms with van der Waals surface area (Å²) in [7, 11) is 0. The molecule has 1 aliphatic heterocycles. The first-order valence-electron chi connectivity index (χ1n) is 10.7. The molecule has 0 aliphatic carbocycles. The molecule has 1 fully saturated rings. The van der Waals surface area contributed by atoms with Crippen molar-refractivity contribution in [3.8, 4) is 5.75 Å². The van der Waals surface area contributed by atoms with E-state index in [-0.39, 0.29) is 21.8 Å². The van der Waals surface area contributed by atoms with Gasteiger partial charge in [0.25, 0.3) is 11.7 Å². The quantitative estimate of drug-likeness (QED) is 0.180. The molecule has 10 heteroatoms. The Kier molecular flexibility index (Phi) is 6.77. The van der Waals surface area contributed by atoms with Gasteiger partial charge in [0.05, 0.1) is 28.8 Å². The van der Waals surface area contributed by atoms with E-state index in [1.807, 2.05) is 0 Å². The number of amides is 1. The minimum atomic E-state index is -4.63. The van der Waals surface area contributed by atoms with Gasteiger partial charge in [0.2, 0.25) is 0 Å². The molecule has 186 valence electrons. The Balaban J connectivity index is 1.94. The van der Waals surface area contributed by atoms with Gasteiger partial charge in [-0.2, -0.15) is 13.2 Å². The van der Waals surface area contributed by atoms with E-state index in [0.29, 0.717) is 12.4 Å². The number of benzene rings is 3. The number of alkyl halides is 3. The lowest BCUT2D eigenvalue weighted by molar-refractivity contribution is -0.137. The maximum Gasteiger partial charge on any atom is 0.416 e. The fraction of sp³-hybridized carbons (Fsp3) is 0.154. The highest BCUT2D eigenvalue weighted by Gasteiger charge is 2.48. The van der Waals surface area contributed by atoms with Gasteiger partial charge in [0.1, 0.15) is 17.3 Å². The maximum atomic E-state index is 14.9. The van der Waals surface area contributed by atoms with Crippen molar-refractivity contribution in [2.75, 3.05) is 11.5 Å². The van der Waals surface area contributed by atoms with Gasteiger partial charge in [-0.3, -0.25) is 14.5 Å². The Bertz CT molecular complexity index is 1370. The first-order valence-corrected chi connectivity index (χ1v) is 11.1. The molecule has 1 saturated heterocycles. The molecule has 1 N–H and O–H groups in total. The summed E-state index contributed by atoms with van der Waals surface area (Å²) in [5.74, 6) is -3.45. The Hall–Kier alpha value is -3.85. The first kappa shape index (κ1) is 25.2. The van der Waals surface area contributed by atoms with E-state index < -0.39 is 46.6 Å². The van der Waals surface area contributed by atoms with E-state index in [9.17, 15) is 32.3 Å². The molecule has 5 nitrogen and oxygen atoms in total. The van der Waals surface area contributed by atoms with Crippen molar-refractivity contribution in [3.05, 3.63) is 99.8 Å². The number of anilines is 1. The lowest BCUT2D eigenvalue weighted by Crippen LogP contribution is -2.30. The van der Waals surface area contributed by atoms with Crippen LogP contribution in [0.25, 0.3) is 5.76 Å². The summed E-state index contributed by atoms with van der Waals surface area (Å²) >= 11 is 6.25. The molecule has 1 unspecified atom stereocenters. The summed E-state index contributed by atoms with van der Waals surface area (Å²) in [5.41, 5.74) is -1.71. The Morgan fingerprint density at radius 3 is 2.33 bits per heavy atom. The predicted octanol–water partition coefficient (Wildman–Crippen LogP) is 6.52. The molecular formula is C26H18ClF4NO4. The fourth-order valence-corrected chi connectivity index (χ4v) is 4.20. The highest BCUT2D eigenvalue weighted by atomic mass is 35.5. The van der Waals surface area contributed by atoms with Crippen molar-refractivity contribution in [2.24, 2.45) is 0 Å². The van der Waals surface area contributed by atoms with Crippen LogP contribution in [0.4, 0.5) is 23.2 Å². The molecule has 1 atom stereocenters. The number of aliphatic hydroxyl groups excluding tert-OH is 1. The number of rotatable bonds is 5. The van der Waals surface area contributed by atoms with Gasteiger partial charge in [-0.05, 0) is 55.5 Å². The third kappa shape index (κ3) is 4.54. The third-order valence-corrected chi connectivity index (χ3v) is 5.95. The van der Waals surface area contributed by atoms with Crippen molar-refractivity contribution >= 4 is 34.7 Å². The predicted molar refractivity (Wildman–Crippen MR) is 125 cm³/mol. The van der Waals surface area contributed by atoms with Crippen molar-refractivity contribution in [1.82, 2.24) is 0 Å². The number of ketones is 1. The second kappa shape index (κ2) is 9.66. The van der Waals surface area contributed by atoms with Crippen LogP contribution in [-0.4, -0.2) is 23.4 Å². The monoisotopic (exact) mass is 519 g/mol. The van der Waals surface area contributed by atoms with Crippen molar-refractivity contribution in [1.29, 1.82) is 0 Å². The summed E-state index contributed by atoms with van der Waals surface area (Å²) in [4.78, 5) is 27.1. The van der Waals surface area contributed by atoms with E-state index in [1.54, 1.807) is 6.92 Å². The number of nitrogens with zero attached hydrogens (tertiary/aromatic N) is 1. The summed E-state index contributed by atoms with van der Waals surface area (Å²) in [6.45, 7) is 2.04. The second-order valence-corrected chi connectivity index (χ2v) is 8.22. The van der Waals surface area contributed by atoms with E-state index >= 15 is 0 Å². The smallest absolute Gasteiger partial charge is 0.416 e. The fourth-order valence-electron chi connectivity index (χ4n) is 3.99. The van der Waals surface area contributed by atoms with Gasteiger partial charge in [0, 0.05) is 16.8 Å². The van der Waals surface area contributed by atoms with Crippen LogP contribution in [0.5, 0.6) is 5.75 Å². The minimum absolute atomic E-state index is 0.0314. The molecule has 3 aromatic carbocycles. The SMILES string of the molecule is CCOc1ccc(Cl)c(/C(O)=C2\C(=O)C(=O)N(c3ccc(C(F)(F)F)cc3)C2c2ccccc2F)c1. The Labute approximate surface area is 208 Å². The molecule has 0 aromatic heterocycles. The highest BCUT2D eigenvalue weighted by molar-refractivity contribution is 6.52. The second-order valence-electron chi connectivity index (χ2n) is 7.81. The zero-order chi connectivity index (χ0) is 26.2. The van der Waals surface area contributed by atoms with Gasteiger partial charge in [-0.1, -0.05) is 29.8 Å². The van der Waals surface area contributed by atoms with Crippen molar-refractivity contribution in [2.45, 2.75) is 19.1 Å². The van der Waals surface area contributed by atoms with Gasteiger partial charge in [-0.25, -0.2) is 4.39 Å². The zero-order valence-electron chi connectivity index (χ0n) is 18.6. The summed E-state index contributed by atoms with van der Waals surface area (Å²) in [6.07, 6.45) is -4.63. The molecule has 1 aliphatic rings. The maximum absolute atomic E-state index is 14.9. The average Bonchev–Trinajstić information content (AvgIpc) is 3.10. The molecule has 0 spiro atoms. The van der Waals surface area contributed by atoms with E-state index in [2.05, 4.69) is 0 Å². The van der Waals surface area contributed by atoms with Gasteiger partial charge in [-0.15, -0.1) is 0 Å². The van der Waals surface area contributed by atoms with Crippen LogP contribution < -0.4 is 9.64 Å². The van der Waals surface area contributed by atoms with Crippen LogP contribution in [0.1, 0.15) is 29.7 Å². The molecule has 4 rings (SSSR count). The standard InChI is InChI=1S/C26H18ClF4NO4/c1-2-36-16-11-12-19(27)18(13-16)23(33)21-22(17-5-3-4-6-20(17)28)32(25(35)24(21)34)15-9-7-14(8-10-15)26(29,30)31/h3-13,22,33H,2H2,1H3/b23-21+. The summed E-state index contributed by atoms with van der Waals surface area (Å²) in [6, 6.07) is 11.6. The van der Waals surface area contributed by atoms with Crippen LogP contribution in [-0.2, 0) is 15.8 Å². The average molecular weight is 520 g/mol. The topological polar surface area (TPSA) is 66.8 Å². The first-order chi connectivity index (χ1) is 17.0. The van der Waals surface area contributed by atoms with Crippen molar-refractivity contribution in [3.63, 3.8) is 0 Å². The number of carbonyl (C=O) groups excluding carboxylic acids is 2.